The molecule has 0 fully saturated rings. The molecule has 9 heavy (non-hydrogen) atoms. The number of hydrogen-bond acceptors (Lipinski definition) is 0. The van der Waals surface area contributed by atoms with Crippen LogP contribution in [-0.4, -0.2) is 0 Å². The van der Waals surface area contributed by atoms with Crippen molar-refractivity contribution in [1.82, 2.24) is 0 Å². The molecular formula is C3H3F5S. The highest BCUT2D eigenvalue weighted by Gasteiger charge is 2.60. The van der Waals surface area contributed by atoms with E-state index in [0.29, 0.717) is 0 Å². The van der Waals surface area contributed by atoms with Crippen molar-refractivity contribution in [2.45, 2.75) is 0 Å². The molecule has 56 valence electrons. The Balaban J connectivity index is 4.99. The first-order valence-corrected chi connectivity index (χ1v) is 3.66. The maximum Gasteiger partial charge on any atom is 0.310 e. The molecule has 0 radical (unpaired) electrons. The fraction of sp³-hybridized carbons (Fsp3) is 0. The Morgan fingerprint density at radius 1 is 1.11 bits per heavy atom. The van der Waals surface area contributed by atoms with Gasteiger partial charge in [-0.05, 0) is 0 Å². The molecule has 0 N–H and O–H groups in total. The molecule has 0 aliphatic rings. The summed E-state index contributed by atoms with van der Waals surface area (Å²) in [6.07, 6.45) is 0. The minimum Gasteiger partial charge on any atom is -0.113 e. The van der Waals surface area contributed by atoms with E-state index in [0.717, 1.165) is 5.73 Å². The van der Waals surface area contributed by atoms with Crippen molar-refractivity contribution in [1.29, 1.82) is 0 Å². The molecule has 0 aromatic rings. The monoisotopic (exact) mass is 166 g/mol. The molecule has 0 rings (SSSR count). The predicted molar refractivity (Wildman–Crippen MR) is 26.8 cm³/mol. The van der Waals surface area contributed by atoms with E-state index in [1.165, 1.54) is 0 Å². The molecule has 0 aliphatic heterocycles. The Morgan fingerprint density at radius 3 is 1.44 bits per heavy atom. The number of hydrogen-bond donors (Lipinski definition) is 0. The highest BCUT2D eigenvalue weighted by Crippen LogP contribution is 2.98. The van der Waals surface area contributed by atoms with E-state index in [1.54, 1.807) is 0 Å². The van der Waals surface area contributed by atoms with Crippen molar-refractivity contribution in [3.63, 3.8) is 0 Å². The van der Waals surface area contributed by atoms with Crippen LogP contribution in [0.1, 0.15) is 0 Å². The van der Waals surface area contributed by atoms with Crippen LogP contribution in [0.3, 0.4) is 0 Å². The van der Waals surface area contributed by atoms with Gasteiger partial charge >= 0.3 is 10.2 Å². The van der Waals surface area contributed by atoms with Crippen LogP contribution in [0.4, 0.5) is 19.4 Å². The normalized spacial score (nSPS) is 19.2. The second-order valence-corrected chi connectivity index (χ2v) is 3.64. The predicted octanol–water partition coefficient (Wildman–Crippen LogP) is 3.58. The lowest BCUT2D eigenvalue weighted by Crippen LogP contribution is -1.97. The highest BCUT2D eigenvalue weighted by molar-refractivity contribution is 8.48. The zero-order valence-corrected chi connectivity index (χ0v) is 4.90. The van der Waals surface area contributed by atoms with Gasteiger partial charge in [0, 0.05) is 0 Å². The maximum absolute atomic E-state index is 11.1. The minimum absolute atomic E-state index is 0.991. The highest BCUT2D eigenvalue weighted by atomic mass is 32.5. The van der Waals surface area contributed by atoms with Gasteiger partial charge in [-0.3, -0.25) is 0 Å². The Morgan fingerprint density at radius 2 is 1.44 bits per heavy atom. The molecule has 0 heterocycles. The molecule has 6 heteroatoms. The van der Waals surface area contributed by atoms with Gasteiger partial charge < -0.3 is 0 Å². The lowest BCUT2D eigenvalue weighted by atomic mass is 11.0. The Kier molecular flexibility index (Phi) is 1.11. The molecule has 0 unspecified atom stereocenters. The molecule has 0 aromatic heterocycles. The molecule has 0 aliphatic carbocycles. The van der Waals surface area contributed by atoms with Crippen LogP contribution in [0.2, 0.25) is 0 Å². The first kappa shape index (κ1) is 8.52. The first-order chi connectivity index (χ1) is 3.54. The van der Waals surface area contributed by atoms with Crippen molar-refractivity contribution in [2.75, 3.05) is 0 Å². The van der Waals surface area contributed by atoms with E-state index in [2.05, 4.69) is 6.58 Å². The van der Waals surface area contributed by atoms with Crippen LogP contribution < -0.4 is 0 Å². The van der Waals surface area contributed by atoms with Crippen LogP contribution >= 0.6 is 10.2 Å². The van der Waals surface area contributed by atoms with Crippen molar-refractivity contribution in [3.8, 4) is 0 Å². The summed E-state index contributed by atoms with van der Waals surface area (Å²) in [5, 5.41) is -1.22. The van der Waals surface area contributed by atoms with Crippen molar-refractivity contribution >= 4 is 10.2 Å². The summed E-state index contributed by atoms with van der Waals surface area (Å²) >= 11 is 0. The van der Waals surface area contributed by atoms with Gasteiger partial charge in [0.2, 0.25) is 0 Å². The summed E-state index contributed by atoms with van der Waals surface area (Å²) in [5.74, 6) is 0. The smallest absolute Gasteiger partial charge is 0.113 e. The summed E-state index contributed by atoms with van der Waals surface area (Å²) in [6.45, 7) is 2.39. The second kappa shape index (κ2) is 1.17. The lowest BCUT2D eigenvalue weighted by Gasteiger charge is -2.35. The molecule has 0 bridgehead atoms. The summed E-state index contributed by atoms with van der Waals surface area (Å²) in [7, 11) is -9.33. The molecule has 0 nitrogen and oxygen atoms in total. The van der Waals surface area contributed by atoms with E-state index in [4.69, 9.17) is 0 Å². The SMILES string of the molecule is C=C=CS(F)(F)(F)(F)F. The third kappa shape index (κ3) is 7.52. The molecule has 0 amide bonds. The van der Waals surface area contributed by atoms with Crippen molar-refractivity contribution in [3.05, 3.63) is 17.7 Å². The molecule has 0 aromatic carbocycles. The lowest BCUT2D eigenvalue weighted by molar-refractivity contribution is 0.384. The van der Waals surface area contributed by atoms with Gasteiger partial charge in [-0.2, -0.15) is 0 Å². The zero-order chi connectivity index (χ0) is 7.82. The quantitative estimate of drug-likeness (QED) is 0.412. The van der Waals surface area contributed by atoms with E-state index >= 15 is 0 Å². The summed E-state index contributed by atoms with van der Waals surface area (Å²) in [6, 6.07) is 0. The zero-order valence-electron chi connectivity index (χ0n) is 4.08. The Labute approximate surface area is 48.4 Å². The van der Waals surface area contributed by atoms with Crippen LogP contribution in [-0.2, 0) is 0 Å². The van der Waals surface area contributed by atoms with Crippen LogP contribution in [0.15, 0.2) is 17.7 Å². The van der Waals surface area contributed by atoms with E-state index in [9.17, 15) is 19.4 Å². The topological polar surface area (TPSA) is 0 Å². The fourth-order valence-electron chi connectivity index (χ4n) is 0.157. The van der Waals surface area contributed by atoms with Crippen LogP contribution in [0, 0.1) is 0 Å². The van der Waals surface area contributed by atoms with Crippen LogP contribution in [0.25, 0.3) is 0 Å². The number of rotatable bonds is 1. The molecule has 0 saturated heterocycles. The van der Waals surface area contributed by atoms with E-state index in [1.807, 2.05) is 0 Å². The second-order valence-electron chi connectivity index (χ2n) is 1.35. The molecule has 0 saturated carbocycles. The Bertz CT molecular complexity index is 165. The van der Waals surface area contributed by atoms with Gasteiger partial charge in [0.25, 0.3) is 0 Å². The average molecular weight is 166 g/mol. The first-order valence-electron chi connectivity index (χ1n) is 1.65. The summed E-state index contributed by atoms with van der Waals surface area (Å²) in [5.41, 5.74) is 0.991. The largest absolute Gasteiger partial charge is 0.310 e. The summed E-state index contributed by atoms with van der Waals surface area (Å²) < 4.78 is 55.3. The van der Waals surface area contributed by atoms with Gasteiger partial charge in [-0.15, -0.1) is 5.73 Å². The maximum atomic E-state index is 11.1. The van der Waals surface area contributed by atoms with Crippen molar-refractivity contribution in [2.24, 2.45) is 0 Å². The van der Waals surface area contributed by atoms with Crippen LogP contribution in [0.5, 0.6) is 0 Å². The average Bonchev–Trinajstić information content (AvgIpc) is 1.22. The Hall–Kier alpha value is -0.480. The van der Waals surface area contributed by atoms with E-state index in [-0.39, 0.29) is 0 Å². The van der Waals surface area contributed by atoms with E-state index < -0.39 is 15.6 Å². The fourth-order valence-corrected chi connectivity index (χ4v) is 0.472. The minimum atomic E-state index is -9.33. The van der Waals surface area contributed by atoms with Gasteiger partial charge in [-0.1, -0.05) is 26.0 Å². The molecule has 0 spiro atoms. The molecule has 0 atom stereocenters. The van der Waals surface area contributed by atoms with Gasteiger partial charge in [-0.25, -0.2) is 0 Å². The van der Waals surface area contributed by atoms with Gasteiger partial charge in [0.05, 0.1) is 0 Å². The van der Waals surface area contributed by atoms with Gasteiger partial charge in [0.15, 0.2) is 0 Å². The third-order valence-electron chi connectivity index (χ3n) is 0.306. The van der Waals surface area contributed by atoms with Crippen molar-refractivity contribution < 1.29 is 19.4 Å². The number of halogens is 5. The third-order valence-corrected chi connectivity index (χ3v) is 0.918. The standard InChI is InChI=1S/C3H3F5S/c1-2-3-9(4,5,6,7)8/h3H,1H2. The molecular weight excluding hydrogens is 163 g/mol. The summed E-state index contributed by atoms with van der Waals surface area (Å²) in [4.78, 5) is 0. The van der Waals surface area contributed by atoms with Gasteiger partial charge in [0.1, 0.15) is 5.41 Å².